The maximum Gasteiger partial charge on any atom is 0.301 e. The number of nitrogens with zero attached hydrogens (tertiary/aromatic N) is 1. The molecule has 5 nitrogen and oxygen atoms in total. The Kier molecular flexibility index (Phi) is 4.62. The van der Waals surface area contributed by atoms with Gasteiger partial charge in [0.2, 0.25) is 0 Å². The summed E-state index contributed by atoms with van der Waals surface area (Å²) in [6.07, 6.45) is 0. The van der Waals surface area contributed by atoms with E-state index in [-0.39, 0.29) is 0 Å². The molecule has 0 amide bonds. The minimum atomic E-state index is -3.52. The van der Waals surface area contributed by atoms with Crippen LogP contribution in [0.2, 0.25) is 5.02 Å². The molecule has 0 saturated carbocycles. The van der Waals surface area contributed by atoms with Gasteiger partial charge in [0.05, 0.1) is 16.4 Å². The molecule has 0 fully saturated rings. The minimum Gasteiger partial charge on any atom is -0.398 e. The summed E-state index contributed by atoms with van der Waals surface area (Å²) in [5.74, 6) is 0. The lowest BCUT2D eigenvalue weighted by Crippen LogP contribution is -2.35. The fourth-order valence-electron chi connectivity index (χ4n) is 1.37. The molecule has 1 aromatic rings. The Labute approximate surface area is 107 Å². The molecule has 0 saturated heterocycles. The van der Waals surface area contributed by atoms with E-state index < -0.39 is 10.2 Å². The molecule has 0 aliphatic rings. The zero-order valence-electron chi connectivity index (χ0n) is 9.77. The Hall–Kier alpha value is -0.980. The Morgan fingerprint density at radius 1 is 1.35 bits per heavy atom. The topological polar surface area (TPSA) is 75.4 Å². The van der Waals surface area contributed by atoms with Gasteiger partial charge in [0, 0.05) is 13.1 Å². The summed E-state index contributed by atoms with van der Waals surface area (Å²) in [4.78, 5) is 0. The van der Waals surface area contributed by atoms with E-state index in [0.717, 1.165) is 0 Å². The maximum absolute atomic E-state index is 11.9. The van der Waals surface area contributed by atoms with Crippen LogP contribution in [-0.4, -0.2) is 25.8 Å². The van der Waals surface area contributed by atoms with E-state index in [1.54, 1.807) is 26.0 Å². The molecule has 96 valence electrons. The molecular weight excluding hydrogens is 262 g/mol. The molecule has 17 heavy (non-hydrogen) atoms. The minimum absolute atomic E-state index is 0.324. The van der Waals surface area contributed by atoms with E-state index in [1.807, 2.05) is 0 Å². The standard InChI is InChI=1S/C10H16ClN3O2S/c1-3-14(4-2)17(15,16)13-8-5-6-10(12)9(11)7-8/h5-7,13H,3-4,12H2,1-2H3. The van der Waals surface area contributed by atoms with Crippen LogP contribution in [-0.2, 0) is 10.2 Å². The van der Waals surface area contributed by atoms with E-state index in [2.05, 4.69) is 4.72 Å². The first-order valence-electron chi connectivity index (χ1n) is 5.23. The van der Waals surface area contributed by atoms with E-state index in [1.165, 1.54) is 10.4 Å². The monoisotopic (exact) mass is 277 g/mol. The van der Waals surface area contributed by atoms with Crippen LogP contribution in [0.1, 0.15) is 13.8 Å². The van der Waals surface area contributed by atoms with Crippen LogP contribution in [0.3, 0.4) is 0 Å². The molecular formula is C10H16ClN3O2S. The van der Waals surface area contributed by atoms with Crippen molar-refractivity contribution in [2.45, 2.75) is 13.8 Å². The van der Waals surface area contributed by atoms with Gasteiger partial charge in [-0.05, 0) is 18.2 Å². The van der Waals surface area contributed by atoms with Gasteiger partial charge in [-0.2, -0.15) is 12.7 Å². The lowest BCUT2D eigenvalue weighted by atomic mass is 10.3. The van der Waals surface area contributed by atoms with Gasteiger partial charge < -0.3 is 5.73 Å². The van der Waals surface area contributed by atoms with Gasteiger partial charge in [-0.3, -0.25) is 4.72 Å². The van der Waals surface area contributed by atoms with Crippen LogP contribution < -0.4 is 10.5 Å². The summed E-state index contributed by atoms with van der Waals surface area (Å²) >= 11 is 5.82. The molecule has 0 atom stereocenters. The molecule has 7 heteroatoms. The quantitative estimate of drug-likeness (QED) is 0.808. The van der Waals surface area contributed by atoms with Crippen molar-refractivity contribution in [2.24, 2.45) is 0 Å². The molecule has 0 radical (unpaired) electrons. The Bertz CT molecular complexity index is 486. The van der Waals surface area contributed by atoms with Gasteiger partial charge in [0.25, 0.3) is 0 Å². The lowest BCUT2D eigenvalue weighted by Gasteiger charge is -2.19. The van der Waals surface area contributed by atoms with Gasteiger partial charge in [0.1, 0.15) is 0 Å². The first-order chi connectivity index (χ1) is 7.90. The van der Waals surface area contributed by atoms with E-state index in [0.29, 0.717) is 29.5 Å². The van der Waals surface area contributed by atoms with Crippen molar-refractivity contribution < 1.29 is 8.42 Å². The lowest BCUT2D eigenvalue weighted by molar-refractivity contribution is 0.449. The SMILES string of the molecule is CCN(CC)S(=O)(=O)Nc1ccc(N)c(Cl)c1. The molecule has 0 aliphatic carbocycles. The predicted octanol–water partition coefficient (Wildman–Crippen LogP) is 1.92. The normalized spacial score (nSPS) is 11.8. The molecule has 0 unspecified atom stereocenters. The highest BCUT2D eigenvalue weighted by Crippen LogP contribution is 2.23. The van der Waals surface area contributed by atoms with Gasteiger partial charge in [-0.15, -0.1) is 0 Å². The molecule has 0 spiro atoms. The summed E-state index contributed by atoms with van der Waals surface area (Å²) in [7, 11) is -3.52. The fraction of sp³-hybridized carbons (Fsp3) is 0.400. The Morgan fingerprint density at radius 2 is 1.94 bits per heavy atom. The zero-order valence-corrected chi connectivity index (χ0v) is 11.3. The predicted molar refractivity (Wildman–Crippen MR) is 71.3 cm³/mol. The average molecular weight is 278 g/mol. The smallest absolute Gasteiger partial charge is 0.301 e. The van der Waals surface area contributed by atoms with Crippen molar-refractivity contribution in [3.8, 4) is 0 Å². The van der Waals surface area contributed by atoms with Crippen LogP contribution in [0.5, 0.6) is 0 Å². The second-order valence-electron chi connectivity index (χ2n) is 3.43. The van der Waals surface area contributed by atoms with Gasteiger partial charge >= 0.3 is 10.2 Å². The van der Waals surface area contributed by atoms with Gasteiger partial charge in [-0.1, -0.05) is 25.4 Å². The fourth-order valence-corrected chi connectivity index (χ4v) is 2.78. The molecule has 1 rings (SSSR count). The Morgan fingerprint density at radius 3 is 2.41 bits per heavy atom. The van der Waals surface area contributed by atoms with Crippen molar-refractivity contribution in [3.63, 3.8) is 0 Å². The van der Waals surface area contributed by atoms with Crippen molar-refractivity contribution in [2.75, 3.05) is 23.5 Å². The van der Waals surface area contributed by atoms with E-state index in [4.69, 9.17) is 17.3 Å². The van der Waals surface area contributed by atoms with Crippen LogP contribution in [0, 0.1) is 0 Å². The second kappa shape index (κ2) is 5.57. The first-order valence-corrected chi connectivity index (χ1v) is 7.05. The largest absolute Gasteiger partial charge is 0.398 e. The number of rotatable bonds is 5. The van der Waals surface area contributed by atoms with Crippen molar-refractivity contribution in [1.29, 1.82) is 0 Å². The number of benzene rings is 1. The highest BCUT2D eigenvalue weighted by atomic mass is 35.5. The summed E-state index contributed by atoms with van der Waals surface area (Å²) in [5.41, 5.74) is 6.36. The number of anilines is 2. The van der Waals surface area contributed by atoms with Crippen molar-refractivity contribution in [3.05, 3.63) is 23.2 Å². The van der Waals surface area contributed by atoms with Crippen LogP contribution in [0.4, 0.5) is 11.4 Å². The average Bonchev–Trinajstić information content (AvgIpc) is 2.24. The highest BCUT2D eigenvalue weighted by molar-refractivity contribution is 7.90. The van der Waals surface area contributed by atoms with Crippen LogP contribution >= 0.6 is 11.6 Å². The summed E-state index contributed by atoms with van der Waals surface area (Å²) in [5, 5.41) is 0.324. The second-order valence-corrected chi connectivity index (χ2v) is 5.51. The maximum atomic E-state index is 11.9. The van der Waals surface area contributed by atoms with E-state index in [9.17, 15) is 8.42 Å². The third-order valence-electron chi connectivity index (χ3n) is 2.29. The van der Waals surface area contributed by atoms with Gasteiger partial charge in [-0.25, -0.2) is 0 Å². The summed E-state index contributed by atoms with van der Waals surface area (Å²) in [6.45, 7) is 4.38. The third-order valence-corrected chi connectivity index (χ3v) is 4.31. The van der Waals surface area contributed by atoms with Crippen LogP contribution in [0.25, 0.3) is 0 Å². The van der Waals surface area contributed by atoms with Crippen molar-refractivity contribution in [1.82, 2.24) is 4.31 Å². The van der Waals surface area contributed by atoms with Crippen LogP contribution in [0.15, 0.2) is 18.2 Å². The Balaban J connectivity index is 2.94. The number of nitrogens with two attached hydrogens (primary N) is 1. The number of halogens is 1. The zero-order chi connectivity index (χ0) is 13.1. The third kappa shape index (κ3) is 3.49. The first kappa shape index (κ1) is 14.1. The molecule has 0 aliphatic heterocycles. The molecule has 3 N–H and O–H groups in total. The summed E-state index contributed by atoms with van der Waals surface area (Å²) < 4.78 is 27.6. The number of nitrogens with one attached hydrogen (secondary N) is 1. The molecule has 0 aromatic heterocycles. The van der Waals surface area contributed by atoms with E-state index >= 15 is 0 Å². The molecule has 0 heterocycles. The highest BCUT2D eigenvalue weighted by Gasteiger charge is 2.18. The molecule has 0 bridgehead atoms. The number of nitrogen functional groups attached to an aromatic ring is 1. The summed E-state index contributed by atoms with van der Waals surface area (Å²) in [6, 6.07) is 4.61. The van der Waals surface area contributed by atoms with Gasteiger partial charge in [0.15, 0.2) is 0 Å². The number of hydrogen-bond acceptors (Lipinski definition) is 3. The molecule has 1 aromatic carbocycles. The number of hydrogen-bond donors (Lipinski definition) is 2. The van der Waals surface area contributed by atoms with Crippen molar-refractivity contribution >= 4 is 33.2 Å².